The van der Waals surface area contributed by atoms with E-state index in [1.807, 2.05) is 36.4 Å². The molecule has 128 valence electrons. The first-order valence-electron chi connectivity index (χ1n) is 8.65. The smallest absolute Gasteiger partial charge is 0.132 e. The van der Waals surface area contributed by atoms with Crippen LogP contribution in [0, 0.1) is 0 Å². The number of benzene rings is 2. The van der Waals surface area contributed by atoms with Crippen LogP contribution in [0.5, 0.6) is 5.75 Å². The fourth-order valence-electron chi connectivity index (χ4n) is 3.46. The number of allylic oxidation sites excluding steroid dienone is 1. The summed E-state index contributed by atoms with van der Waals surface area (Å²) in [4.78, 5) is 14.3. The molecule has 4 nitrogen and oxygen atoms in total. The largest absolute Gasteiger partial charge is 0.464 e. The summed E-state index contributed by atoms with van der Waals surface area (Å²) in [6.45, 7) is 4.32. The van der Waals surface area contributed by atoms with Gasteiger partial charge in [-0.3, -0.25) is 4.90 Å². The Balaban J connectivity index is 1.62. The summed E-state index contributed by atoms with van der Waals surface area (Å²) in [5.74, 6) is 0.471. The van der Waals surface area contributed by atoms with E-state index in [1.165, 1.54) is 5.56 Å². The molecule has 2 heterocycles. The molecular formula is C21H21NO3. The number of ether oxygens (including phenoxy) is 2. The third-order valence-corrected chi connectivity index (χ3v) is 4.81. The molecule has 1 atom stereocenters. The van der Waals surface area contributed by atoms with Crippen LogP contribution >= 0.6 is 0 Å². The third kappa shape index (κ3) is 3.36. The topological polar surface area (TPSA) is 38.8 Å². The van der Waals surface area contributed by atoms with E-state index in [-0.39, 0.29) is 5.92 Å². The highest BCUT2D eigenvalue weighted by Gasteiger charge is 2.26. The molecule has 0 bridgehead atoms. The third-order valence-electron chi connectivity index (χ3n) is 4.81. The van der Waals surface area contributed by atoms with Crippen LogP contribution in [0.15, 0.2) is 54.8 Å². The molecule has 1 fully saturated rings. The van der Waals surface area contributed by atoms with Gasteiger partial charge in [0, 0.05) is 30.8 Å². The first-order chi connectivity index (χ1) is 12.3. The van der Waals surface area contributed by atoms with Gasteiger partial charge in [0.25, 0.3) is 0 Å². The van der Waals surface area contributed by atoms with E-state index in [0.717, 1.165) is 61.6 Å². The average Bonchev–Trinajstić information content (AvgIpc) is 2.68. The average molecular weight is 335 g/mol. The molecule has 0 radical (unpaired) electrons. The number of fused-ring (bicyclic) bond motifs is 1. The quantitative estimate of drug-likeness (QED) is 0.804. The van der Waals surface area contributed by atoms with Gasteiger partial charge in [-0.15, -0.1) is 0 Å². The molecule has 2 aromatic rings. The minimum absolute atomic E-state index is 0.296. The second kappa shape index (κ2) is 7.21. The number of hydrogen-bond donors (Lipinski definition) is 0. The van der Waals surface area contributed by atoms with Crippen LogP contribution in [0.1, 0.15) is 22.6 Å². The first kappa shape index (κ1) is 16.1. The standard InChI is InChI=1S/C21H21NO3/c23-14-19-18-12-16(13-22-8-10-24-11-9-22)6-7-21(18)25-15-20(19)17-4-2-1-3-5-17/h1-7,12,14-15,19H,8-11,13H2. The van der Waals surface area contributed by atoms with Gasteiger partial charge in [-0.05, 0) is 23.3 Å². The van der Waals surface area contributed by atoms with Crippen LogP contribution in [0.25, 0.3) is 5.57 Å². The Kier molecular flexibility index (Phi) is 4.63. The molecule has 0 amide bonds. The Morgan fingerprint density at radius 1 is 1.08 bits per heavy atom. The van der Waals surface area contributed by atoms with Crippen molar-refractivity contribution in [1.82, 2.24) is 4.90 Å². The summed E-state index contributed by atoms with van der Waals surface area (Å²) in [6.07, 6.45) is 2.72. The minimum atomic E-state index is -0.296. The predicted octanol–water partition coefficient (Wildman–Crippen LogP) is 3.23. The SMILES string of the molecule is O=CC1C(c2ccccc2)=COc2ccc(CN3CCOCC3)cc21. The normalized spacial score (nSPS) is 20.3. The Morgan fingerprint density at radius 3 is 2.64 bits per heavy atom. The van der Waals surface area contributed by atoms with E-state index < -0.39 is 0 Å². The lowest BCUT2D eigenvalue weighted by Crippen LogP contribution is -2.35. The van der Waals surface area contributed by atoms with Crippen molar-refractivity contribution in [2.75, 3.05) is 26.3 Å². The van der Waals surface area contributed by atoms with Crippen molar-refractivity contribution in [3.8, 4) is 5.75 Å². The van der Waals surface area contributed by atoms with Crippen LogP contribution in [-0.2, 0) is 16.1 Å². The number of aldehydes is 1. The van der Waals surface area contributed by atoms with Crippen molar-refractivity contribution < 1.29 is 14.3 Å². The summed E-state index contributed by atoms with van der Waals surface area (Å²) < 4.78 is 11.2. The predicted molar refractivity (Wildman–Crippen MR) is 96.4 cm³/mol. The molecule has 1 saturated heterocycles. The molecule has 25 heavy (non-hydrogen) atoms. The fraction of sp³-hybridized carbons (Fsp3) is 0.286. The zero-order valence-corrected chi connectivity index (χ0v) is 14.1. The monoisotopic (exact) mass is 335 g/mol. The maximum atomic E-state index is 11.9. The Hall–Kier alpha value is -2.43. The lowest BCUT2D eigenvalue weighted by atomic mass is 9.86. The molecule has 2 aromatic carbocycles. The first-order valence-corrected chi connectivity index (χ1v) is 8.65. The van der Waals surface area contributed by atoms with Gasteiger partial charge in [-0.25, -0.2) is 0 Å². The lowest BCUT2D eigenvalue weighted by Gasteiger charge is -2.28. The molecule has 2 aliphatic heterocycles. The molecule has 0 aromatic heterocycles. The van der Waals surface area contributed by atoms with Crippen molar-refractivity contribution in [3.05, 3.63) is 71.5 Å². The van der Waals surface area contributed by atoms with Crippen molar-refractivity contribution >= 4 is 11.9 Å². The molecule has 0 N–H and O–H groups in total. The van der Waals surface area contributed by atoms with E-state index in [0.29, 0.717) is 0 Å². The Labute approximate surface area is 147 Å². The van der Waals surface area contributed by atoms with E-state index in [9.17, 15) is 4.79 Å². The molecule has 4 rings (SSSR count). The van der Waals surface area contributed by atoms with Gasteiger partial charge in [0.05, 0.1) is 25.4 Å². The zero-order chi connectivity index (χ0) is 17.1. The maximum Gasteiger partial charge on any atom is 0.132 e. The Morgan fingerprint density at radius 2 is 1.88 bits per heavy atom. The van der Waals surface area contributed by atoms with Gasteiger partial charge in [0.15, 0.2) is 0 Å². The number of nitrogens with zero attached hydrogens (tertiary/aromatic N) is 1. The van der Waals surface area contributed by atoms with Gasteiger partial charge in [-0.1, -0.05) is 36.4 Å². The summed E-state index contributed by atoms with van der Waals surface area (Å²) in [5.41, 5.74) is 4.07. The highest BCUT2D eigenvalue weighted by molar-refractivity contribution is 5.88. The number of morpholine rings is 1. The highest BCUT2D eigenvalue weighted by atomic mass is 16.5. The van der Waals surface area contributed by atoms with E-state index in [4.69, 9.17) is 9.47 Å². The van der Waals surface area contributed by atoms with Crippen LogP contribution in [-0.4, -0.2) is 37.5 Å². The molecule has 1 unspecified atom stereocenters. The number of hydrogen-bond acceptors (Lipinski definition) is 4. The molecule has 2 aliphatic rings. The summed E-state index contributed by atoms with van der Waals surface area (Å²) in [7, 11) is 0. The maximum absolute atomic E-state index is 11.9. The number of rotatable bonds is 4. The lowest BCUT2D eigenvalue weighted by molar-refractivity contribution is -0.108. The Bertz CT molecular complexity index is 779. The fourth-order valence-corrected chi connectivity index (χ4v) is 3.46. The van der Waals surface area contributed by atoms with Crippen molar-refractivity contribution in [1.29, 1.82) is 0 Å². The van der Waals surface area contributed by atoms with E-state index >= 15 is 0 Å². The van der Waals surface area contributed by atoms with Gasteiger partial charge in [0.1, 0.15) is 12.0 Å². The van der Waals surface area contributed by atoms with Crippen LogP contribution in [0.3, 0.4) is 0 Å². The highest BCUT2D eigenvalue weighted by Crippen LogP contribution is 2.40. The number of carbonyl (C=O) groups is 1. The van der Waals surface area contributed by atoms with Crippen LogP contribution in [0.4, 0.5) is 0 Å². The van der Waals surface area contributed by atoms with E-state index in [2.05, 4.69) is 17.0 Å². The number of carbonyl (C=O) groups excluding carboxylic acids is 1. The van der Waals surface area contributed by atoms with Crippen molar-refractivity contribution in [2.24, 2.45) is 0 Å². The second-order valence-corrected chi connectivity index (χ2v) is 6.43. The van der Waals surface area contributed by atoms with Crippen molar-refractivity contribution in [3.63, 3.8) is 0 Å². The molecule has 0 saturated carbocycles. The molecule has 0 spiro atoms. The van der Waals surface area contributed by atoms with Crippen LogP contribution < -0.4 is 4.74 Å². The molecule has 0 aliphatic carbocycles. The van der Waals surface area contributed by atoms with E-state index in [1.54, 1.807) is 6.26 Å². The zero-order valence-electron chi connectivity index (χ0n) is 14.1. The van der Waals surface area contributed by atoms with Crippen LogP contribution in [0.2, 0.25) is 0 Å². The van der Waals surface area contributed by atoms with Gasteiger partial charge in [0.2, 0.25) is 0 Å². The second-order valence-electron chi connectivity index (χ2n) is 6.43. The molecular weight excluding hydrogens is 314 g/mol. The van der Waals surface area contributed by atoms with Gasteiger partial charge < -0.3 is 14.3 Å². The summed E-state index contributed by atoms with van der Waals surface area (Å²) >= 11 is 0. The van der Waals surface area contributed by atoms with Crippen molar-refractivity contribution in [2.45, 2.75) is 12.5 Å². The molecule has 4 heteroatoms. The van der Waals surface area contributed by atoms with Gasteiger partial charge >= 0.3 is 0 Å². The van der Waals surface area contributed by atoms with Gasteiger partial charge in [-0.2, -0.15) is 0 Å². The summed E-state index contributed by atoms with van der Waals surface area (Å²) in [6, 6.07) is 16.1. The minimum Gasteiger partial charge on any atom is -0.464 e. The summed E-state index contributed by atoms with van der Waals surface area (Å²) in [5, 5.41) is 0.